The summed E-state index contributed by atoms with van der Waals surface area (Å²) in [6.07, 6.45) is 0.530. The van der Waals surface area contributed by atoms with Crippen LogP contribution in [0.1, 0.15) is 12.0 Å². The average Bonchev–Trinajstić information content (AvgIpc) is 3.08. The van der Waals surface area contributed by atoms with E-state index in [1.54, 1.807) is 16.9 Å². The van der Waals surface area contributed by atoms with E-state index in [1.807, 2.05) is 24.3 Å². The monoisotopic (exact) mass is 352 g/mol. The van der Waals surface area contributed by atoms with Crippen LogP contribution < -0.4 is 0 Å². The lowest BCUT2D eigenvalue weighted by Crippen LogP contribution is -2.40. The Balaban J connectivity index is 1.58. The fourth-order valence-electron chi connectivity index (χ4n) is 3.25. The Morgan fingerprint density at radius 2 is 2.25 bits per heavy atom. The first-order chi connectivity index (χ1) is 11.6. The molecule has 0 radical (unpaired) electrons. The van der Waals surface area contributed by atoms with Gasteiger partial charge in [0.1, 0.15) is 6.10 Å². The molecular weight excluding hydrogens is 332 g/mol. The van der Waals surface area contributed by atoms with Gasteiger partial charge in [-0.2, -0.15) is 0 Å². The maximum atomic E-state index is 12.1. The Bertz CT molecular complexity index is 624. The van der Waals surface area contributed by atoms with Crippen molar-refractivity contribution in [3.63, 3.8) is 0 Å². The van der Waals surface area contributed by atoms with Crippen LogP contribution in [-0.4, -0.2) is 67.3 Å². The van der Waals surface area contributed by atoms with E-state index in [2.05, 4.69) is 0 Å². The van der Waals surface area contributed by atoms with Crippen molar-refractivity contribution in [2.45, 2.75) is 25.0 Å². The van der Waals surface area contributed by atoms with Gasteiger partial charge >= 0.3 is 6.09 Å². The molecule has 130 valence electrons. The van der Waals surface area contributed by atoms with Gasteiger partial charge in [0.05, 0.1) is 25.6 Å². The van der Waals surface area contributed by atoms with Crippen molar-refractivity contribution in [3.8, 4) is 0 Å². The van der Waals surface area contributed by atoms with Gasteiger partial charge in [0.25, 0.3) is 0 Å². The second kappa shape index (κ2) is 7.40. The number of likely N-dealkylation sites (tertiary alicyclic amines) is 1. The van der Waals surface area contributed by atoms with Crippen LogP contribution in [0, 0.1) is 0 Å². The van der Waals surface area contributed by atoms with Gasteiger partial charge in [-0.3, -0.25) is 9.69 Å². The van der Waals surface area contributed by atoms with E-state index in [0.717, 1.165) is 5.56 Å². The standard InChI is InChI=1S/C17H21ClN2O4/c1-23-8-6-16(21)19-10-14-15(11-19)24-17(22)20(14)7-5-12-3-2-4-13(18)9-12/h2-4,9,14-15H,5-8,10-11H2,1H3/t14-,15+/m1/s1. The van der Waals surface area contributed by atoms with Gasteiger partial charge in [0, 0.05) is 25.2 Å². The van der Waals surface area contributed by atoms with Gasteiger partial charge in [-0.1, -0.05) is 23.7 Å². The second-order valence-electron chi connectivity index (χ2n) is 6.10. The van der Waals surface area contributed by atoms with E-state index in [9.17, 15) is 9.59 Å². The number of fused-ring (bicyclic) bond motifs is 1. The minimum atomic E-state index is -0.295. The van der Waals surface area contributed by atoms with Crippen LogP contribution in [0.3, 0.4) is 0 Å². The maximum Gasteiger partial charge on any atom is 0.410 e. The third-order valence-electron chi connectivity index (χ3n) is 4.53. The molecule has 1 aromatic rings. The zero-order valence-corrected chi connectivity index (χ0v) is 14.4. The molecule has 2 fully saturated rings. The molecule has 2 heterocycles. The summed E-state index contributed by atoms with van der Waals surface area (Å²) in [5.74, 6) is 0.0390. The Morgan fingerprint density at radius 3 is 3.00 bits per heavy atom. The molecule has 2 saturated heterocycles. The summed E-state index contributed by atoms with van der Waals surface area (Å²) in [5.41, 5.74) is 1.07. The molecule has 1 aromatic carbocycles. The number of methoxy groups -OCH3 is 1. The first-order valence-corrected chi connectivity index (χ1v) is 8.44. The molecule has 6 nitrogen and oxygen atoms in total. The lowest BCUT2D eigenvalue weighted by molar-refractivity contribution is -0.131. The highest BCUT2D eigenvalue weighted by molar-refractivity contribution is 6.30. The van der Waals surface area contributed by atoms with E-state index < -0.39 is 0 Å². The molecule has 2 atom stereocenters. The van der Waals surface area contributed by atoms with Crippen molar-refractivity contribution in [1.82, 2.24) is 9.80 Å². The number of ether oxygens (including phenoxy) is 2. The zero-order valence-electron chi connectivity index (χ0n) is 13.6. The number of hydrogen-bond acceptors (Lipinski definition) is 4. The molecule has 0 N–H and O–H groups in total. The van der Waals surface area contributed by atoms with E-state index in [4.69, 9.17) is 21.1 Å². The van der Waals surface area contributed by atoms with E-state index in [1.165, 1.54) is 0 Å². The number of carbonyl (C=O) groups excluding carboxylic acids is 2. The largest absolute Gasteiger partial charge is 0.442 e. The summed E-state index contributed by atoms with van der Waals surface area (Å²) in [5, 5.41) is 0.685. The number of benzene rings is 1. The quantitative estimate of drug-likeness (QED) is 0.785. The first-order valence-electron chi connectivity index (χ1n) is 8.07. The van der Waals surface area contributed by atoms with E-state index >= 15 is 0 Å². The molecule has 0 unspecified atom stereocenters. The van der Waals surface area contributed by atoms with Crippen molar-refractivity contribution >= 4 is 23.6 Å². The number of amides is 2. The van der Waals surface area contributed by atoms with Crippen molar-refractivity contribution < 1.29 is 19.1 Å². The van der Waals surface area contributed by atoms with Crippen LogP contribution in [0.25, 0.3) is 0 Å². The molecule has 2 aliphatic rings. The number of carbonyl (C=O) groups is 2. The number of halogens is 1. The topological polar surface area (TPSA) is 59.1 Å². The Labute approximate surface area is 146 Å². The Morgan fingerprint density at radius 1 is 1.42 bits per heavy atom. The molecule has 0 saturated carbocycles. The normalized spacial score (nSPS) is 22.7. The molecule has 0 spiro atoms. The first kappa shape index (κ1) is 17.0. The van der Waals surface area contributed by atoms with Crippen LogP contribution in [0.5, 0.6) is 0 Å². The fraction of sp³-hybridized carbons (Fsp3) is 0.529. The summed E-state index contributed by atoms with van der Waals surface area (Å²) >= 11 is 5.99. The van der Waals surface area contributed by atoms with Crippen LogP contribution in [0.4, 0.5) is 4.79 Å². The van der Waals surface area contributed by atoms with Gasteiger partial charge < -0.3 is 14.4 Å². The summed E-state index contributed by atoms with van der Waals surface area (Å²) in [6.45, 7) is 1.95. The van der Waals surface area contributed by atoms with Crippen LogP contribution in [-0.2, 0) is 20.7 Å². The van der Waals surface area contributed by atoms with Crippen LogP contribution in [0.2, 0.25) is 5.02 Å². The van der Waals surface area contributed by atoms with Gasteiger partial charge in [0.2, 0.25) is 5.91 Å². The SMILES string of the molecule is COCCC(=O)N1C[C@@H]2OC(=O)N(CCc3cccc(Cl)c3)[C@@H]2C1. The van der Waals surface area contributed by atoms with Gasteiger partial charge in [0.15, 0.2) is 0 Å². The third-order valence-corrected chi connectivity index (χ3v) is 4.76. The highest BCUT2D eigenvalue weighted by Crippen LogP contribution is 2.27. The lowest BCUT2D eigenvalue weighted by Gasteiger charge is -2.22. The molecule has 2 aliphatic heterocycles. The number of rotatable bonds is 6. The Hall–Kier alpha value is -1.79. The zero-order chi connectivity index (χ0) is 17.1. The summed E-state index contributed by atoms with van der Waals surface area (Å²) < 4.78 is 10.4. The number of nitrogens with zero attached hydrogens (tertiary/aromatic N) is 2. The molecule has 0 aromatic heterocycles. The third kappa shape index (κ3) is 3.65. The molecule has 3 rings (SSSR count). The minimum Gasteiger partial charge on any atom is -0.442 e. The van der Waals surface area contributed by atoms with E-state index in [-0.39, 0.29) is 24.1 Å². The van der Waals surface area contributed by atoms with Gasteiger partial charge in [-0.25, -0.2) is 4.79 Å². The summed E-state index contributed by atoms with van der Waals surface area (Å²) in [7, 11) is 1.57. The predicted molar refractivity (Wildman–Crippen MR) is 89.0 cm³/mol. The summed E-state index contributed by atoms with van der Waals surface area (Å²) in [4.78, 5) is 27.7. The van der Waals surface area contributed by atoms with Crippen molar-refractivity contribution in [2.24, 2.45) is 0 Å². The molecule has 0 bridgehead atoms. The van der Waals surface area contributed by atoms with Crippen LogP contribution in [0.15, 0.2) is 24.3 Å². The van der Waals surface area contributed by atoms with E-state index in [0.29, 0.717) is 44.1 Å². The fourth-order valence-corrected chi connectivity index (χ4v) is 3.47. The lowest BCUT2D eigenvalue weighted by atomic mass is 10.1. The molecule has 24 heavy (non-hydrogen) atoms. The number of hydrogen-bond donors (Lipinski definition) is 0. The van der Waals surface area contributed by atoms with Crippen molar-refractivity contribution in [2.75, 3.05) is 33.4 Å². The molecule has 0 aliphatic carbocycles. The summed E-state index contributed by atoms with van der Waals surface area (Å²) in [6, 6.07) is 7.54. The highest BCUT2D eigenvalue weighted by Gasteiger charge is 2.48. The molecule has 7 heteroatoms. The smallest absolute Gasteiger partial charge is 0.410 e. The minimum absolute atomic E-state index is 0.0390. The Kier molecular flexibility index (Phi) is 5.26. The maximum absolute atomic E-state index is 12.1. The van der Waals surface area contributed by atoms with Crippen molar-refractivity contribution in [3.05, 3.63) is 34.9 Å². The molecular formula is C17H21ClN2O4. The predicted octanol–water partition coefficient (Wildman–Crippen LogP) is 1.95. The van der Waals surface area contributed by atoms with Crippen molar-refractivity contribution in [1.29, 1.82) is 0 Å². The van der Waals surface area contributed by atoms with Gasteiger partial charge in [-0.05, 0) is 24.1 Å². The average molecular weight is 353 g/mol. The second-order valence-corrected chi connectivity index (χ2v) is 6.54. The highest BCUT2D eigenvalue weighted by atomic mass is 35.5. The van der Waals surface area contributed by atoms with Crippen LogP contribution >= 0.6 is 11.6 Å². The van der Waals surface area contributed by atoms with Gasteiger partial charge in [-0.15, -0.1) is 0 Å². The molecule has 2 amide bonds.